The quantitative estimate of drug-likeness (QED) is 0.711. The topological polar surface area (TPSA) is 54.5 Å². The van der Waals surface area contributed by atoms with Crippen molar-refractivity contribution in [2.45, 2.75) is 38.8 Å². The van der Waals surface area contributed by atoms with Crippen LogP contribution >= 0.6 is 0 Å². The number of unbranched alkanes of at least 4 members (excludes halogenated alkanes) is 1. The van der Waals surface area contributed by atoms with Gasteiger partial charge in [0.05, 0.1) is 0 Å². The maximum absolute atomic E-state index is 12.1. The van der Waals surface area contributed by atoms with Gasteiger partial charge in [-0.25, -0.2) is 0 Å². The van der Waals surface area contributed by atoms with Crippen LogP contribution in [-0.4, -0.2) is 41.5 Å². The first-order valence-corrected chi connectivity index (χ1v) is 10.1. The van der Waals surface area contributed by atoms with Crippen LogP contribution in [0.5, 0.6) is 5.75 Å². The summed E-state index contributed by atoms with van der Waals surface area (Å²) in [7, 11) is 0. The van der Waals surface area contributed by atoms with Crippen LogP contribution < -0.4 is 10.1 Å². The Morgan fingerprint density at radius 2 is 2.11 bits per heavy atom. The largest absolute Gasteiger partial charge is 0.489 e. The average Bonchev–Trinajstić information content (AvgIpc) is 2.90. The van der Waals surface area contributed by atoms with Crippen molar-refractivity contribution in [3.05, 3.63) is 66.0 Å². The summed E-state index contributed by atoms with van der Waals surface area (Å²) in [5, 5.41) is 2.98. The van der Waals surface area contributed by atoms with Gasteiger partial charge in [-0.15, -0.1) is 0 Å². The lowest BCUT2D eigenvalue weighted by Gasteiger charge is -2.23. The Balaban J connectivity index is 1.52. The molecule has 0 bridgehead atoms. The third-order valence-corrected chi connectivity index (χ3v) is 4.86. The third-order valence-electron chi connectivity index (χ3n) is 4.86. The van der Waals surface area contributed by atoms with E-state index in [1.54, 1.807) is 24.5 Å². The predicted molar refractivity (Wildman–Crippen MR) is 112 cm³/mol. The standard InChI is InChI=1S/C23H29N3O2/c1-2-3-7-21-18-26(17-20-6-4-5-8-22(20)28-21)16-15-25-23(27)10-9-19-11-13-24-14-12-19/h4-6,8-14,21H,2-3,7,15-18H2,1H3,(H,25,27). The SMILES string of the molecule is CCCCC1CN(CCNC(=O)C=Cc2ccncc2)Cc2ccccc2O1. The summed E-state index contributed by atoms with van der Waals surface area (Å²) in [5.74, 6) is 0.918. The zero-order valence-corrected chi connectivity index (χ0v) is 16.5. The van der Waals surface area contributed by atoms with Crippen LogP contribution in [0.4, 0.5) is 0 Å². The minimum absolute atomic E-state index is 0.0779. The van der Waals surface area contributed by atoms with Gasteiger partial charge in [-0.2, -0.15) is 0 Å². The fourth-order valence-corrected chi connectivity index (χ4v) is 3.35. The van der Waals surface area contributed by atoms with Gasteiger partial charge in [-0.05, 0) is 42.7 Å². The van der Waals surface area contributed by atoms with Gasteiger partial charge in [-0.1, -0.05) is 31.5 Å². The van der Waals surface area contributed by atoms with Crippen molar-refractivity contribution in [2.24, 2.45) is 0 Å². The Labute approximate surface area is 167 Å². The monoisotopic (exact) mass is 379 g/mol. The zero-order valence-electron chi connectivity index (χ0n) is 16.5. The van der Waals surface area contributed by atoms with Crippen LogP contribution in [0.1, 0.15) is 37.3 Å². The van der Waals surface area contributed by atoms with E-state index < -0.39 is 0 Å². The highest BCUT2D eigenvalue weighted by atomic mass is 16.5. The fourth-order valence-electron chi connectivity index (χ4n) is 3.35. The van der Waals surface area contributed by atoms with E-state index >= 15 is 0 Å². The van der Waals surface area contributed by atoms with E-state index in [0.29, 0.717) is 6.54 Å². The predicted octanol–water partition coefficient (Wildman–Crippen LogP) is 3.66. The zero-order chi connectivity index (χ0) is 19.6. The maximum Gasteiger partial charge on any atom is 0.244 e. The molecule has 0 saturated heterocycles. The molecule has 28 heavy (non-hydrogen) atoms. The molecule has 0 fully saturated rings. The van der Waals surface area contributed by atoms with E-state index in [1.807, 2.05) is 18.2 Å². The summed E-state index contributed by atoms with van der Waals surface area (Å²) in [6.07, 6.45) is 10.4. The smallest absolute Gasteiger partial charge is 0.244 e. The van der Waals surface area contributed by atoms with Crippen molar-refractivity contribution in [3.63, 3.8) is 0 Å². The number of amides is 1. The second kappa shape index (κ2) is 10.6. The van der Waals surface area contributed by atoms with Gasteiger partial charge in [0.25, 0.3) is 0 Å². The molecule has 0 radical (unpaired) electrons. The first-order chi connectivity index (χ1) is 13.7. The molecule has 1 aromatic heterocycles. The molecule has 148 valence electrons. The minimum atomic E-state index is -0.0779. The molecular formula is C23H29N3O2. The number of hydrogen-bond donors (Lipinski definition) is 1. The number of carbonyl (C=O) groups is 1. The molecule has 1 atom stereocenters. The third kappa shape index (κ3) is 6.20. The maximum atomic E-state index is 12.1. The molecule has 1 aromatic carbocycles. The van der Waals surface area contributed by atoms with Crippen molar-refractivity contribution in [2.75, 3.05) is 19.6 Å². The van der Waals surface area contributed by atoms with Crippen LogP contribution in [0, 0.1) is 0 Å². The highest BCUT2D eigenvalue weighted by molar-refractivity contribution is 5.91. The van der Waals surface area contributed by atoms with Crippen molar-refractivity contribution >= 4 is 12.0 Å². The highest BCUT2D eigenvalue weighted by Crippen LogP contribution is 2.26. The molecule has 1 aliphatic heterocycles. The van der Waals surface area contributed by atoms with Gasteiger partial charge >= 0.3 is 0 Å². The molecule has 1 amide bonds. The van der Waals surface area contributed by atoms with Crippen molar-refractivity contribution in [1.82, 2.24) is 15.2 Å². The Morgan fingerprint density at radius 1 is 1.29 bits per heavy atom. The van der Waals surface area contributed by atoms with Crippen LogP contribution in [0.3, 0.4) is 0 Å². The minimum Gasteiger partial charge on any atom is -0.489 e. The highest BCUT2D eigenvalue weighted by Gasteiger charge is 2.22. The molecule has 0 spiro atoms. The molecule has 5 nitrogen and oxygen atoms in total. The van der Waals surface area contributed by atoms with Gasteiger partial charge in [0.2, 0.25) is 5.91 Å². The number of nitrogens with one attached hydrogen (secondary N) is 1. The summed E-state index contributed by atoms with van der Waals surface area (Å²) in [4.78, 5) is 18.4. The summed E-state index contributed by atoms with van der Waals surface area (Å²) in [6.45, 7) is 5.35. The Morgan fingerprint density at radius 3 is 2.93 bits per heavy atom. The number of aromatic nitrogens is 1. The number of benzene rings is 1. The molecule has 1 aliphatic rings. The second-order valence-corrected chi connectivity index (χ2v) is 7.13. The second-order valence-electron chi connectivity index (χ2n) is 7.13. The Bertz CT molecular complexity index is 776. The Hall–Kier alpha value is -2.66. The van der Waals surface area contributed by atoms with Gasteiger partial charge < -0.3 is 10.1 Å². The van der Waals surface area contributed by atoms with Crippen LogP contribution in [-0.2, 0) is 11.3 Å². The van der Waals surface area contributed by atoms with Gasteiger partial charge in [0.1, 0.15) is 11.9 Å². The van der Waals surface area contributed by atoms with Crippen molar-refractivity contribution in [1.29, 1.82) is 0 Å². The molecule has 2 aromatic rings. The summed E-state index contributed by atoms with van der Waals surface area (Å²) < 4.78 is 6.26. The lowest BCUT2D eigenvalue weighted by Crippen LogP contribution is -2.38. The summed E-state index contributed by atoms with van der Waals surface area (Å²) in [6, 6.07) is 12.0. The number of hydrogen-bond acceptors (Lipinski definition) is 4. The molecule has 0 saturated carbocycles. The molecule has 0 aliphatic carbocycles. The summed E-state index contributed by atoms with van der Waals surface area (Å²) in [5.41, 5.74) is 2.18. The molecule has 1 N–H and O–H groups in total. The number of ether oxygens (including phenoxy) is 1. The number of rotatable bonds is 8. The molecule has 5 heteroatoms. The lowest BCUT2D eigenvalue weighted by molar-refractivity contribution is -0.116. The van der Waals surface area contributed by atoms with E-state index in [4.69, 9.17) is 4.74 Å². The van der Waals surface area contributed by atoms with E-state index in [1.165, 1.54) is 12.0 Å². The first kappa shape index (κ1) is 20.1. The molecular weight excluding hydrogens is 350 g/mol. The lowest BCUT2D eigenvalue weighted by atomic mass is 10.1. The van der Waals surface area contributed by atoms with Gasteiger partial charge in [0.15, 0.2) is 0 Å². The van der Waals surface area contributed by atoms with Crippen molar-refractivity contribution < 1.29 is 9.53 Å². The number of pyridine rings is 1. The molecule has 1 unspecified atom stereocenters. The first-order valence-electron chi connectivity index (χ1n) is 10.1. The van der Waals surface area contributed by atoms with Gasteiger partial charge in [-0.3, -0.25) is 14.7 Å². The normalized spacial score (nSPS) is 17.0. The number of para-hydroxylation sites is 1. The average molecular weight is 380 g/mol. The van der Waals surface area contributed by atoms with E-state index in [-0.39, 0.29) is 12.0 Å². The van der Waals surface area contributed by atoms with Crippen LogP contribution in [0.2, 0.25) is 0 Å². The van der Waals surface area contributed by atoms with Crippen LogP contribution in [0.25, 0.3) is 6.08 Å². The van der Waals surface area contributed by atoms with E-state index in [2.05, 4.69) is 40.3 Å². The molecule has 2 heterocycles. The van der Waals surface area contributed by atoms with Gasteiger partial charge in [0, 0.05) is 50.2 Å². The number of fused-ring (bicyclic) bond motifs is 1. The van der Waals surface area contributed by atoms with Crippen LogP contribution in [0.15, 0.2) is 54.9 Å². The fraction of sp³-hybridized carbons (Fsp3) is 0.391. The number of carbonyl (C=O) groups excluding carboxylic acids is 1. The Kier molecular flexibility index (Phi) is 7.62. The summed E-state index contributed by atoms with van der Waals surface area (Å²) >= 11 is 0. The molecule has 3 rings (SSSR count). The van der Waals surface area contributed by atoms with E-state index in [9.17, 15) is 4.79 Å². The number of nitrogens with zero attached hydrogens (tertiary/aromatic N) is 2. The van der Waals surface area contributed by atoms with E-state index in [0.717, 1.165) is 43.8 Å². The van der Waals surface area contributed by atoms with Crippen molar-refractivity contribution in [3.8, 4) is 5.75 Å².